The van der Waals surface area contributed by atoms with E-state index in [0.29, 0.717) is 0 Å². The van der Waals surface area contributed by atoms with Gasteiger partial charge in [-0.2, -0.15) is 0 Å². The largest absolute Gasteiger partial charge is 0.376 e. The van der Waals surface area contributed by atoms with Crippen LogP contribution in [0.2, 0.25) is 0 Å². The number of hydrogen-bond donors (Lipinski definition) is 1. The van der Waals surface area contributed by atoms with E-state index in [0.717, 1.165) is 13.0 Å². The molecule has 1 N–H and O–H groups in total. The molecule has 1 aliphatic heterocycles. The summed E-state index contributed by atoms with van der Waals surface area (Å²) in [6.07, 6.45) is 0.985. The smallest absolute Gasteiger partial charge is 0.251 e. The molecule has 1 rings (SSSR count). The van der Waals surface area contributed by atoms with Gasteiger partial charge in [-0.1, -0.05) is 0 Å². The zero-order valence-electron chi connectivity index (χ0n) is 9.29. The molecule has 0 aromatic heterocycles. The first kappa shape index (κ1) is 11.5. The van der Waals surface area contributed by atoms with Gasteiger partial charge in [-0.15, -0.1) is 0 Å². The normalized spacial score (nSPS) is 27.7. The maximum Gasteiger partial charge on any atom is 0.251 e. The number of carbonyl (C=O) groups is 1. The van der Waals surface area contributed by atoms with E-state index >= 15 is 0 Å². The molecule has 0 radical (unpaired) electrons. The number of carbonyl (C=O) groups excluding carboxylic acids is 1. The molecule has 0 spiro atoms. The molecule has 0 aromatic carbocycles. The van der Waals surface area contributed by atoms with E-state index in [9.17, 15) is 4.79 Å². The summed E-state index contributed by atoms with van der Waals surface area (Å²) in [6, 6.07) is 0.122. The predicted octanol–water partition coefficient (Wildman–Crippen LogP) is 0.705. The van der Waals surface area contributed by atoms with Gasteiger partial charge in [-0.05, 0) is 27.2 Å². The first-order valence-electron chi connectivity index (χ1n) is 4.95. The number of rotatable bonds is 3. The molecule has 0 bridgehead atoms. The lowest BCUT2D eigenvalue weighted by Crippen LogP contribution is -2.49. The third-order valence-electron chi connectivity index (χ3n) is 2.75. The highest BCUT2D eigenvalue weighted by atomic mass is 16.5. The van der Waals surface area contributed by atoms with Crippen LogP contribution in [0.4, 0.5) is 0 Å². The predicted molar refractivity (Wildman–Crippen MR) is 53.0 cm³/mol. The summed E-state index contributed by atoms with van der Waals surface area (Å²) < 4.78 is 10.4. The Bertz CT molecular complexity index is 215. The van der Waals surface area contributed by atoms with Crippen molar-refractivity contribution in [1.82, 2.24) is 5.32 Å². The minimum Gasteiger partial charge on any atom is -0.376 e. The number of hydrogen-bond acceptors (Lipinski definition) is 3. The van der Waals surface area contributed by atoms with Crippen LogP contribution in [0.3, 0.4) is 0 Å². The van der Waals surface area contributed by atoms with Gasteiger partial charge in [-0.3, -0.25) is 4.79 Å². The number of methoxy groups -OCH3 is 1. The topological polar surface area (TPSA) is 47.6 Å². The lowest BCUT2D eigenvalue weighted by atomic mass is 10.1. The van der Waals surface area contributed by atoms with Crippen LogP contribution >= 0.6 is 0 Å². The van der Waals surface area contributed by atoms with Crippen molar-refractivity contribution in [2.45, 2.75) is 44.9 Å². The molecule has 0 saturated carbocycles. The second-order valence-corrected chi connectivity index (χ2v) is 4.16. The van der Waals surface area contributed by atoms with Crippen LogP contribution in [-0.4, -0.2) is 37.4 Å². The fraction of sp³-hybridized carbons (Fsp3) is 0.900. The van der Waals surface area contributed by atoms with E-state index in [1.165, 1.54) is 7.11 Å². The van der Waals surface area contributed by atoms with E-state index in [2.05, 4.69) is 5.32 Å². The molecule has 1 aliphatic rings. The fourth-order valence-electron chi connectivity index (χ4n) is 1.36. The second-order valence-electron chi connectivity index (χ2n) is 4.16. The molecule has 1 amide bonds. The molecule has 2 unspecified atom stereocenters. The van der Waals surface area contributed by atoms with Crippen LogP contribution in [0.1, 0.15) is 27.2 Å². The average molecular weight is 201 g/mol. The Morgan fingerprint density at radius 3 is 2.64 bits per heavy atom. The summed E-state index contributed by atoms with van der Waals surface area (Å²) in [7, 11) is 1.54. The van der Waals surface area contributed by atoms with Gasteiger partial charge in [-0.25, -0.2) is 0 Å². The summed E-state index contributed by atoms with van der Waals surface area (Å²) in [4.78, 5) is 11.7. The third-order valence-corrected chi connectivity index (χ3v) is 2.75. The van der Waals surface area contributed by atoms with Crippen LogP contribution in [0.25, 0.3) is 0 Å². The second kappa shape index (κ2) is 4.28. The SMILES string of the molecule is COC(C)(C)C(=O)NC1CCOC1C. The summed E-state index contributed by atoms with van der Waals surface area (Å²) in [5, 5.41) is 2.93. The zero-order chi connectivity index (χ0) is 10.8. The van der Waals surface area contributed by atoms with Crippen molar-refractivity contribution in [3.63, 3.8) is 0 Å². The molecule has 0 aliphatic carbocycles. The molecule has 0 aromatic rings. The minimum atomic E-state index is -0.762. The minimum absolute atomic E-state index is 0.0812. The van der Waals surface area contributed by atoms with E-state index < -0.39 is 5.60 Å². The molecule has 1 saturated heterocycles. The lowest BCUT2D eigenvalue weighted by Gasteiger charge is -2.25. The standard InChI is InChI=1S/C10H19NO3/c1-7-8(5-6-14-7)11-9(12)10(2,3)13-4/h7-8H,5-6H2,1-4H3,(H,11,12). The Morgan fingerprint density at radius 1 is 1.57 bits per heavy atom. The molecule has 4 nitrogen and oxygen atoms in total. The van der Waals surface area contributed by atoms with Gasteiger partial charge >= 0.3 is 0 Å². The van der Waals surface area contributed by atoms with Crippen molar-refractivity contribution >= 4 is 5.91 Å². The van der Waals surface area contributed by atoms with E-state index in [1.54, 1.807) is 13.8 Å². The Balaban J connectivity index is 2.48. The van der Waals surface area contributed by atoms with Crippen LogP contribution in [0.15, 0.2) is 0 Å². The van der Waals surface area contributed by atoms with E-state index in [1.807, 2.05) is 6.92 Å². The zero-order valence-corrected chi connectivity index (χ0v) is 9.29. The molecule has 1 heterocycles. The molecule has 1 fully saturated rings. The average Bonchev–Trinajstić information content (AvgIpc) is 2.52. The molecule has 2 atom stereocenters. The van der Waals surface area contributed by atoms with Gasteiger partial charge < -0.3 is 14.8 Å². The molecular weight excluding hydrogens is 182 g/mol. The van der Waals surface area contributed by atoms with Gasteiger partial charge in [0.1, 0.15) is 5.60 Å². The molecule has 14 heavy (non-hydrogen) atoms. The first-order chi connectivity index (χ1) is 6.47. The van der Waals surface area contributed by atoms with Crippen LogP contribution in [-0.2, 0) is 14.3 Å². The number of ether oxygens (including phenoxy) is 2. The summed E-state index contributed by atoms with van der Waals surface area (Å²) in [6.45, 7) is 6.20. The summed E-state index contributed by atoms with van der Waals surface area (Å²) >= 11 is 0. The van der Waals surface area contributed by atoms with Crippen LogP contribution in [0, 0.1) is 0 Å². The van der Waals surface area contributed by atoms with Crippen molar-refractivity contribution < 1.29 is 14.3 Å². The molecule has 82 valence electrons. The van der Waals surface area contributed by atoms with Gasteiger partial charge in [0, 0.05) is 13.7 Å². The van der Waals surface area contributed by atoms with Crippen LogP contribution < -0.4 is 5.32 Å². The Kier molecular flexibility index (Phi) is 3.50. The molecule has 4 heteroatoms. The fourth-order valence-corrected chi connectivity index (χ4v) is 1.36. The number of nitrogens with one attached hydrogen (secondary N) is 1. The highest BCUT2D eigenvalue weighted by Gasteiger charge is 2.32. The maximum atomic E-state index is 11.7. The van der Waals surface area contributed by atoms with Gasteiger partial charge in [0.05, 0.1) is 12.1 Å². The van der Waals surface area contributed by atoms with Crippen molar-refractivity contribution in [1.29, 1.82) is 0 Å². The van der Waals surface area contributed by atoms with Crippen molar-refractivity contribution in [2.24, 2.45) is 0 Å². The Labute approximate surface area is 85.0 Å². The van der Waals surface area contributed by atoms with Crippen molar-refractivity contribution in [3.05, 3.63) is 0 Å². The third kappa shape index (κ3) is 2.45. The van der Waals surface area contributed by atoms with E-state index in [-0.39, 0.29) is 18.1 Å². The lowest BCUT2D eigenvalue weighted by molar-refractivity contribution is -0.140. The summed E-state index contributed by atoms with van der Waals surface area (Å²) in [5.41, 5.74) is -0.762. The van der Waals surface area contributed by atoms with Crippen LogP contribution in [0.5, 0.6) is 0 Å². The van der Waals surface area contributed by atoms with Crippen molar-refractivity contribution in [3.8, 4) is 0 Å². The van der Waals surface area contributed by atoms with Gasteiger partial charge in [0.15, 0.2) is 0 Å². The van der Waals surface area contributed by atoms with Gasteiger partial charge in [0.2, 0.25) is 0 Å². The van der Waals surface area contributed by atoms with Crippen molar-refractivity contribution in [2.75, 3.05) is 13.7 Å². The Morgan fingerprint density at radius 2 is 2.21 bits per heavy atom. The summed E-state index contributed by atoms with van der Waals surface area (Å²) in [5.74, 6) is -0.0812. The quantitative estimate of drug-likeness (QED) is 0.731. The maximum absolute atomic E-state index is 11.7. The molecular formula is C10H19NO3. The Hall–Kier alpha value is -0.610. The first-order valence-corrected chi connectivity index (χ1v) is 4.95. The highest BCUT2D eigenvalue weighted by molar-refractivity contribution is 5.84. The monoisotopic (exact) mass is 201 g/mol. The number of amides is 1. The van der Waals surface area contributed by atoms with Gasteiger partial charge in [0.25, 0.3) is 5.91 Å². The van der Waals surface area contributed by atoms with E-state index in [4.69, 9.17) is 9.47 Å². The highest BCUT2D eigenvalue weighted by Crippen LogP contribution is 2.15.